The molecule has 1 N–H and O–H groups in total. The van der Waals surface area contributed by atoms with Crippen molar-refractivity contribution >= 4 is 11.0 Å². The van der Waals surface area contributed by atoms with Gasteiger partial charge in [-0.3, -0.25) is 4.79 Å². The van der Waals surface area contributed by atoms with Crippen LogP contribution in [-0.2, 0) is 13.6 Å². The van der Waals surface area contributed by atoms with Crippen LogP contribution < -0.4 is 10.9 Å². The van der Waals surface area contributed by atoms with Crippen LogP contribution in [0.5, 0.6) is 0 Å². The molecule has 0 aliphatic rings. The number of hydrogen-bond acceptors (Lipinski definition) is 5. The van der Waals surface area contributed by atoms with E-state index in [1.807, 2.05) is 7.05 Å². The van der Waals surface area contributed by atoms with Crippen molar-refractivity contribution in [2.45, 2.75) is 25.9 Å². The number of likely N-dealkylation sites (N-methyl/N-ethyl adjacent to an activating group) is 1. The van der Waals surface area contributed by atoms with E-state index in [0.717, 1.165) is 6.42 Å². The summed E-state index contributed by atoms with van der Waals surface area (Å²) in [6.45, 7) is 2.58. The molecule has 2 heterocycles. The average Bonchev–Trinajstić information content (AvgIpc) is 2.71. The predicted molar refractivity (Wildman–Crippen MR) is 63.7 cm³/mol. The van der Waals surface area contributed by atoms with E-state index >= 15 is 0 Å². The van der Waals surface area contributed by atoms with Crippen LogP contribution in [0, 0.1) is 0 Å². The second-order valence-electron chi connectivity index (χ2n) is 3.98. The van der Waals surface area contributed by atoms with Gasteiger partial charge >= 0.3 is 0 Å². The van der Waals surface area contributed by atoms with E-state index in [4.69, 9.17) is 0 Å². The molecule has 7 heteroatoms. The zero-order valence-corrected chi connectivity index (χ0v) is 10.2. The standard InChI is InChI=1S/C10H16N6O/c1-4-7(11-2)6-16-10(17)8-5-12-15(3)9(8)13-14-16/h5,7,11H,4,6H2,1-3H3. The number of aromatic nitrogens is 5. The summed E-state index contributed by atoms with van der Waals surface area (Å²) in [7, 11) is 3.61. The van der Waals surface area contributed by atoms with Crippen LogP contribution in [0.1, 0.15) is 13.3 Å². The topological polar surface area (TPSA) is 77.6 Å². The van der Waals surface area contributed by atoms with E-state index < -0.39 is 0 Å². The molecule has 0 aliphatic heterocycles. The van der Waals surface area contributed by atoms with Gasteiger partial charge in [0.05, 0.1) is 12.7 Å². The number of rotatable bonds is 4. The van der Waals surface area contributed by atoms with Gasteiger partial charge in [-0.1, -0.05) is 12.1 Å². The molecule has 0 amide bonds. The fourth-order valence-corrected chi connectivity index (χ4v) is 1.73. The Kier molecular flexibility index (Phi) is 3.19. The Hall–Kier alpha value is -1.76. The molecule has 0 bridgehead atoms. The van der Waals surface area contributed by atoms with Gasteiger partial charge in [-0.25, -0.2) is 9.36 Å². The summed E-state index contributed by atoms with van der Waals surface area (Å²) in [6.07, 6.45) is 2.46. The van der Waals surface area contributed by atoms with Gasteiger partial charge < -0.3 is 5.32 Å². The molecule has 17 heavy (non-hydrogen) atoms. The molecule has 2 aromatic rings. The van der Waals surface area contributed by atoms with Crippen molar-refractivity contribution < 1.29 is 0 Å². The van der Waals surface area contributed by atoms with Gasteiger partial charge in [0.25, 0.3) is 5.56 Å². The Balaban J connectivity index is 2.43. The number of aryl methyl sites for hydroxylation is 1. The molecule has 0 aromatic carbocycles. The van der Waals surface area contributed by atoms with Crippen molar-refractivity contribution in [1.82, 2.24) is 30.1 Å². The largest absolute Gasteiger partial charge is 0.315 e. The van der Waals surface area contributed by atoms with Crippen LogP contribution in [0.15, 0.2) is 11.0 Å². The molecule has 2 rings (SSSR count). The van der Waals surface area contributed by atoms with Crippen molar-refractivity contribution in [2.24, 2.45) is 7.05 Å². The molecule has 1 unspecified atom stereocenters. The van der Waals surface area contributed by atoms with Crippen LogP contribution in [0.3, 0.4) is 0 Å². The maximum absolute atomic E-state index is 12.1. The minimum Gasteiger partial charge on any atom is -0.315 e. The van der Waals surface area contributed by atoms with Gasteiger partial charge in [-0.05, 0) is 13.5 Å². The lowest BCUT2D eigenvalue weighted by Crippen LogP contribution is -2.35. The molecule has 0 aliphatic carbocycles. The Morgan fingerprint density at radius 2 is 2.29 bits per heavy atom. The van der Waals surface area contributed by atoms with Crippen molar-refractivity contribution in [3.05, 3.63) is 16.6 Å². The van der Waals surface area contributed by atoms with E-state index in [0.29, 0.717) is 17.6 Å². The highest BCUT2D eigenvalue weighted by molar-refractivity contribution is 5.72. The normalized spacial score (nSPS) is 13.1. The molecule has 0 saturated carbocycles. The summed E-state index contributed by atoms with van der Waals surface area (Å²) >= 11 is 0. The molecular formula is C10H16N6O. The molecule has 0 radical (unpaired) electrons. The third-order valence-corrected chi connectivity index (χ3v) is 2.91. The summed E-state index contributed by atoms with van der Waals surface area (Å²) in [5.74, 6) is 0. The van der Waals surface area contributed by atoms with E-state index in [9.17, 15) is 4.79 Å². The summed E-state index contributed by atoms with van der Waals surface area (Å²) < 4.78 is 2.93. The first kappa shape index (κ1) is 11.7. The third-order valence-electron chi connectivity index (χ3n) is 2.91. The molecule has 7 nitrogen and oxygen atoms in total. The van der Waals surface area contributed by atoms with Crippen LogP contribution >= 0.6 is 0 Å². The smallest absolute Gasteiger partial charge is 0.280 e. The van der Waals surface area contributed by atoms with E-state index in [-0.39, 0.29) is 11.6 Å². The first-order chi connectivity index (χ1) is 8.17. The van der Waals surface area contributed by atoms with Crippen LogP contribution in [0.25, 0.3) is 11.0 Å². The quantitative estimate of drug-likeness (QED) is 0.776. The molecule has 2 aromatic heterocycles. The van der Waals surface area contributed by atoms with Gasteiger partial charge in [0.2, 0.25) is 0 Å². The first-order valence-corrected chi connectivity index (χ1v) is 5.60. The van der Waals surface area contributed by atoms with Crippen molar-refractivity contribution in [2.75, 3.05) is 7.05 Å². The lowest BCUT2D eigenvalue weighted by molar-refractivity contribution is 0.419. The minimum atomic E-state index is -0.142. The molecule has 92 valence electrons. The predicted octanol–water partition coefficient (Wildman–Crippen LogP) is -0.477. The highest BCUT2D eigenvalue weighted by atomic mass is 16.1. The minimum absolute atomic E-state index is 0.142. The monoisotopic (exact) mass is 236 g/mol. The van der Waals surface area contributed by atoms with Gasteiger partial charge in [0.15, 0.2) is 5.65 Å². The van der Waals surface area contributed by atoms with Crippen LogP contribution in [0.2, 0.25) is 0 Å². The highest BCUT2D eigenvalue weighted by Gasteiger charge is 2.12. The second-order valence-corrected chi connectivity index (χ2v) is 3.98. The summed E-state index contributed by atoms with van der Waals surface area (Å²) in [5, 5.41) is 15.6. The van der Waals surface area contributed by atoms with Crippen LogP contribution in [0.4, 0.5) is 0 Å². The Bertz CT molecular complexity index is 568. The second kappa shape index (κ2) is 4.62. The van der Waals surface area contributed by atoms with E-state index in [2.05, 4.69) is 27.7 Å². The SMILES string of the molecule is CCC(Cn1nnc2c(cnn2C)c1=O)NC. The van der Waals surface area contributed by atoms with E-state index in [1.54, 1.807) is 11.7 Å². The molecular weight excluding hydrogens is 220 g/mol. The van der Waals surface area contributed by atoms with Gasteiger partial charge in [0, 0.05) is 13.1 Å². The Morgan fingerprint density at radius 3 is 2.94 bits per heavy atom. The fraction of sp³-hybridized carbons (Fsp3) is 0.600. The maximum atomic E-state index is 12.1. The number of nitrogens with one attached hydrogen (secondary N) is 1. The lowest BCUT2D eigenvalue weighted by Gasteiger charge is -2.13. The molecule has 0 spiro atoms. The zero-order valence-electron chi connectivity index (χ0n) is 10.2. The fourth-order valence-electron chi connectivity index (χ4n) is 1.73. The Labute approximate surface area is 98.4 Å². The van der Waals surface area contributed by atoms with Gasteiger partial charge in [-0.15, -0.1) is 5.10 Å². The summed E-state index contributed by atoms with van der Waals surface area (Å²) in [4.78, 5) is 12.1. The number of nitrogens with zero attached hydrogens (tertiary/aromatic N) is 5. The summed E-state index contributed by atoms with van der Waals surface area (Å²) in [6, 6.07) is 0.219. The first-order valence-electron chi connectivity index (χ1n) is 5.60. The van der Waals surface area contributed by atoms with E-state index in [1.165, 1.54) is 10.9 Å². The summed E-state index contributed by atoms with van der Waals surface area (Å²) in [5.41, 5.74) is 0.376. The molecule has 1 atom stereocenters. The van der Waals surface area contributed by atoms with Crippen molar-refractivity contribution in [3.8, 4) is 0 Å². The highest BCUT2D eigenvalue weighted by Crippen LogP contribution is 2.02. The zero-order chi connectivity index (χ0) is 12.4. The van der Waals surface area contributed by atoms with Crippen LogP contribution in [-0.4, -0.2) is 37.9 Å². The van der Waals surface area contributed by atoms with Crippen molar-refractivity contribution in [1.29, 1.82) is 0 Å². The third kappa shape index (κ3) is 2.05. The average molecular weight is 236 g/mol. The van der Waals surface area contributed by atoms with Crippen molar-refractivity contribution in [3.63, 3.8) is 0 Å². The lowest BCUT2D eigenvalue weighted by atomic mass is 10.2. The Morgan fingerprint density at radius 1 is 1.53 bits per heavy atom. The number of hydrogen-bond donors (Lipinski definition) is 1. The number of fused-ring (bicyclic) bond motifs is 1. The molecule has 0 saturated heterocycles. The molecule has 0 fully saturated rings. The van der Waals surface area contributed by atoms with Gasteiger partial charge in [0.1, 0.15) is 5.39 Å². The van der Waals surface area contributed by atoms with Gasteiger partial charge in [-0.2, -0.15) is 5.10 Å². The maximum Gasteiger partial charge on any atom is 0.280 e.